The van der Waals surface area contributed by atoms with Gasteiger partial charge in [0.2, 0.25) is 0 Å². The van der Waals surface area contributed by atoms with E-state index in [0.717, 1.165) is 60.9 Å². The largest absolute Gasteiger partial charge is 0.494 e. The van der Waals surface area contributed by atoms with Crippen LogP contribution in [0.15, 0.2) is 49.1 Å². The zero-order valence-corrected chi connectivity index (χ0v) is 17.8. The number of ether oxygens (including phenoxy) is 2. The number of anilines is 2. The number of imidazole rings is 1. The van der Waals surface area contributed by atoms with Gasteiger partial charge in [-0.05, 0) is 56.4 Å². The lowest BCUT2D eigenvalue weighted by molar-refractivity contribution is 0.0663. The predicted octanol–water partition coefficient (Wildman–Crippen LogP) is 3.94. The maximum absolute atomic E-state index is 5.60. The monoisotopic (exact) mass is 418 g/mol. The first-order chi connectivity index (χ1) is 15.2. The topological polar surface area (TPSA) is 78.5 Å². The second-order valence-corrected chi connectivity index (χ2v) is 7.89. The van der Waals surface area contributed by atoms with Crippen molar-refractivity contribution in [2.45, 2.75) is 26.2 Å². The Morgan fingerprint density at radius 1 is 1.23 bits per heavy atom. The van der Waals surface area contributed by atoms with E-state index in [1.165, 1.54) is 0 Å². The minimum Gasteiger partial charge on any atom is -0.494 e. The second kappa shape index (κ2) is 8.39. The highest BCUT2D eigenvalue weighted by atomic mass is 16.5. The lowest BCUT2D eigenvalue weighted by Crippen LogP contribution is -2.17. The van der Waals surface area contributed by atoms with Gasteiger partial charge in [0.25, 0.3) is 0 Å². The van der Waals surface area contributed by atoms with E-state index in [-0.39, 0.29) is 0 Å². The average Bonchev–Trinajstić information content (AvgIpc) is 3.40. The van der Waals surface area contributed by atoms with Gasteiger partial charge in [-0.15, -0.1) is 0 Å². The Kier molecular flexibility index (Phi) is 5.30. The van der Waals surface area contributed by atoms with Crippen LogP contribution in [0.5, 0.6) is 5.75 Å². The number of aryl methyl sites for hydroxylation is 1. The minimum atomic E-state index is 0.646. The van der Waals surface area contributed by atoms with Crippen molar-refractivity contribution in [1.82, 2.24) is 24.1 Å². The molecular formula is C23H26N6O2. The van der Waals surface area contributed by atoms with Gasteiger partial charge in [-0.3, -0.25) is 0 Å². The highest BCUT2D eigenvalue weighted by Crippen LogP contribution is 2.29. The molecule has 8 nitrogen and oxygen atoms in total. The molecule has 0 radical (unpaired) electrons. The number of nitrogens with zero attached hydrogens (tertiary/aromatic N) is 5. The summed E-state index contributed by atoms with van der Waals surface area (Å²) in [6.07, 6.45) is 9.06. The normalized spacial score (nSPS) is 14.8. The van der Waals surface area contributed by atoms with E-state index in [1.54, 1.807) is 18.1 Å². The molecule has 0 saturated carbocycles. The third-order valence-electron chi connectivity index (χ3n) is 5.68. The van der Waals surface area contributed by atoms with E-state index in [2.05, 4.69) is 26.0 Å². The van der Waals surface area contributed by atoms with E-state index in [4.69, 9.17) is 14.5 Å². The first-order valence-corrected chi connectivity index (χ1v) is 10.6. The molecular weight excluding hydrogens is 392 g/mol. The van der Waals surface area contributed by atoms with Gasteiger partial charge in [0.05, 0.1) is 18.5 Å². The molecule has 1 aromatic carbocycles. The predicted molar refractivity (Wildman–Crippen MR) is 118 cm³/mol. The van der Waals surface area contributed by atoms with E-state index >= 15 is 0 Å². The van der Waals surface area contributed by atoms with E-state index in [9.17, 15) is 0 Å². The lowest BCUT2D eigenvalue weighted by Gasteiger charge is -2.20. The van der Waals surface area contributed by atoms with Crippen LogP contribution in [-0.2, 0) is 11.2 Å². The Morgan fingerprint density at radius 2 is 2.10 bits per heavy atom. The van der Waals surface area contributed by atoms with Gasteiger partial charge in [0.15, 0.2) is 5.65 Å². The molecule has 5 rings (SSSR count). The zero-order valence-electron chi connectivity index (χ0n) is 17.8. The molecule has 4 heterocycles. The summed E-state index contributed by atoms with van der Waals surface area (Å²) < 4.78 is 14.9. The highest BCUT2D eigenvalue weighted by Gasteiger charge is 2.17. The number of hydrogen-bond acceptors (Lipinski definition) is 6. The van der Waals surface area contributed by atoms with Crippen LogP contribution < -0.4 is 10.1 Å². The number of nitrogens with one attached hydrogen (secondary N) is 1. The molecule has 160 valence electrons. The van der Waals surface area contributed by atoms with Crippen LogP contribution in [0.3, 0.4) is 0 Å². The molecule has 3 aromatic heterocycles. The molecule has 1 fully saturated rings. The van der Waals surface area contributed by atoms with Crippen molar-refractivity contribution < 1.29 is 9.47 Å². The highest BCUT2D eigenvalue weighted by molar-refractivity contribution is 5.75. The number of benzene rings is 1. The Balaban J connectivity index is 1.40. The van der Waals surface area contributed by atoms with Gasteiger partial charge in [0.1, 0.15) is 23.6 Å². The van der Waals surface area contributed by atoms with Crippen LogP contribution in [0.4, 0.5) is 11.4 Å². The fourth-order valence-electron chi connectivity index (χ4n) is 4.07. The third kappa shape index (κ3) is 4.11. The summed E-state index contributed by atoms with van der Waals surface area (Å²) >= 11 is 0. The van der Waals surface area contributed by atoms with Crippen molar-refractivity contribution in [3.63, 3.8) is 0 Å². The zero-order chi connectivity index (χ0) is 21.2. The summed E-state index contributed by atoms with van der Waals surface area (Å²) in [4.78, 5) is 9.12. The van der Waals surface area contributed by atoms with Crippen molar-refractivity contribution in [3.05, 3.63) is 60.6 Å². The fraction of sp³-hybridized carbons (Fsp3) is 0.348. The molecule has 0 aliphatic carbocycles. The standard InChI is InChI=1S/C23H26N6O2/c1-16-24-15-29(27-16)21-6-5-18(13-22(21)30-2)25-20-4-3-9-28-14-19(26-23(20)28)12-17-7-10-31-11-8-17/h3-6,9,13-15,17,25H,7-8,10-12H2,1-2H3. The Morgan fingerprint density at radius 3 is 2.87 bits per heavy atom. The van der Waals surface area contributed by atoms with Crippen LogP contribution in [0.25, 0.3) is 11.3 Å². The molecule has 0 atom stereocenters. The SMILES string of the molecule is COc1cc(Nc2cccn3cc(CC4CCOCC4)nc23)ccc1-n1cnc(C)n1. The Labute approximate surface area is 180 Å². The van der Waals surface area contributed by atoms with Gasteiger partial charge in [-0.1, -0.05) is 0 Å². The quantitative estimate of drug-likeness (QED) is 0.511. The molecule has 1 saturated heterocycles. The molecule has 1 aliphatic rings. The van der Waals surface area contributed by atoms with Crippen molar-refractivity contribution in [3.8, 4) is 11.4 Å². The maximum atomic E-state index is 5.60. The van der Waals surface area contributed by atoms with Crippen LogP contribution in [0, 0.1) is 12.8 Å². The lowest BCUT2D eigenvalue weighted by atomic mass is 9.95. The number of fused-ring (bicyclic) bond motifs is 1. The Hall–Kier alpha value is -3.39. The molecule has 4 aromatic rings. The maximum Gasteiger partial charge on any atom is 0.160 e. The number of aromatic nitrogens is 5. The summed E-state index contributed by atoms with van der Waals surface area (Å²) in [7, 11) is 1.66. The van der Waals surface area contributed by atoms with Crippen molar-refractivity contribution in [1.29, 1.82) is 0 Å². The molecule has 1 N–H and O–H groups in total. The summed E-state index contributed by atoms with van der Waals surface area (Å²) in [5, 5.41) is 7.87. The van der Waals surface area contributed by atoms with Crippen LogP contribution >= 0.6 is 0 Å². The van der Waals surface area contributed by atoms with Gasteiger partial charge >= 0.3 is 0 Å². The second-order valence-electron chi connectivity index (χ2n) is 7.89. The number of methoxy groups -OCH3 is 1. The molecule has 8 heteroatoms. The van der Waals surface area contributed by atoms with E-state index < -0.39 is 0 Å². The van der Waals surface area contributed by atoms with E-state index in [1.807, 2.05) is 43.5 Å². The first-order valence-electron chi connectivity index (χ1n) is 10.6. The minimum absolute atomic E-state index is 0.646. The van der Waals surface area contributed by atoms with Gasteiger partial charge in [0, 0.05) is 37.4 Å². The molecule has 0 spiro atoms. The Bertz CT molecular complexity index is 1190. The van der Waals surface area contributed by atoms with Crippen molar-refractivity contribution in [2.24, 2.45) is 5.92 Å². The number of hydrogen-bond donors (Lipinski definition) is 1. The van der Waals surface area contributed by atoms with Gasteiger partial charge in [-0.2, -0.15) is 5.10 Å². The molecule has 31 heavy (non-hydrogen) atoms. The summed E-state index contributed by atoms with van der Waals surface area (Å²) in [6, 6.07) is 10.0. The third-order valence-corrected chi connectivity index (χ3v) is 5.68. The number of rotatable bonds is 6. The van der Waals surface area contributed by atoms with Crippen molar-refractivity contribution >= 4 is 17.0 Å². The fourth-order valence-corrected chi connectivity index (χ4v) is 4.07. The van der Waals surface area contributed by atoms with E-state index in [0.29, 0.717) is 17.5 Å². The summed E-state index contributed by atoms with van der Waals surface area (Å²) in [5.74, 6) is 2.07. The smallest absolute Gasteiger partial charge is 0.160 e. The van der Waals surface area contributed by atoms with Crippen LogP contribution in [0.1, 0.15) is 24.4 Å². The molecule has 0 bridgehead atoms. The molecule has 0 unspecified atom stereocenters. The summed E-state index contributed by atoms with van der Waals surface area (Å²) in [5.41, 5.74) is 4.74. The van der Waals surface area contributed by atoms with Crippen LogP contribution in [0.2, 0.25) is 0 Å². The van der Waals surface area contributed by atoms with Gasteiger partial charge in [-0.25, -0.2) is 14.6 Å². The first kappa shape index (κ1) is 19.6. The molecule has 1 aliphatic heterocycles. The van der Waals surface area contributed by atoms with Crippen LogP contribution in [-0.4, -0.2) is 44.5 Å². The van der Waals surface area contributed by atoms with Crippen molar-refractivity contribution in [2.75, 3.05) is 25.6 Å². The summed E-state index contributed by atoms with van der Waals surface area (Å²) in [6.45, 7) is 3.58. The number of pyridine rings is 1. The average molecular weight is 419 g/mol. The molecule has 0 amide bonds. The van der Waals surface area contributed by atoms with Gasteiger partial charge < -0.3 is 19.2 Å².